The van der Waals surface area contributed by atoms with Crippen LogP contribution in [0.1, 0.15) is 43.5 Å². The summed E-state index contributed by atoms with van der Waals surface area (Å²) in [6.45, 7) is 7.28. The molecule has 10 heteroatoms. The van der Waals surface area contributed by atoms with Crippen LogP contribution in [-0.2, 0) is 17.6 Å². The molecule has 1 aliphatic heterocycles. The summed E-state index contributed by atoms with van der Waals surface area (Å²) in [7, 11) is 0. The molecule has 0 bridgehead atoms. The Morgan fingerprint density at radius 1 is 1.00 bits per heavy atom. The lowest BCUT2D eigenvalue weighted by molar-refractivity contribution is -0.136. The summed E-state index contributed by atoms with van der Waals surface area (Å²) >= 11 is 0. The first-order valence-corrected chi connectivity index (χ1v) is 12.3. The van der Waals surface area contributed by atoms with Crippen LogP contribution in [0.5, 0.6) is 5.88 Å². The third kappa shape index (κ3) is 6.06. The van der Waals surface area contributed by atoms with Gasteiger partial charge in [0.25, 0.3) is 0 Å². The molecule has 3 aromatic rings. The van der Waals surface area contributed by atoms with Crippen molar-refractivity contribution in [1.82, 2.24) is 9.97 Å². The van der Waals surface area contributed by atoms with Crippen molar-refractivity contribution < 1.29 is 32.2 Å². The topological polar surface area (TPSA) is 75.6 Å². The van der Waals surface area contributed by atoms with Crippen LogP contribution >= 0.6 is 0 Å². The van der Waals surface area contributed by atoms with Gasteiger partial charge in [-0.2, -0.15) is 0 Å². The number of carboxylic acid groups (broad SMARTS) is 1. The van der Waals surface area contributed by atoms with Gasteiger partial charge in [0.1, 0.15) is 17.5 Å². The number of hydrogen-bond donors (Lipinski definition) is 1. The summed E-state index contributed by atoms with van der Waals surface area (Å²) in [6.07, 6.45) is 4.33. The van der Waals surface area contributed by atoms with Gasteiger partial charge in [-0.15, -0.1) is 0 Å². The van der Waals surface area contributed by atoms with Gasteiger partial charge >= 0.3 is 5.97 Å². The molecule has 0 radical (unpaired) electrons. The lowest BCUT2D eigenvalue weighted by Crippen LogP contribution is -2.38. The molecule has 0 atom stereocenters. The number of carboxylic acids is 1. The number of rotatable bonds is 8. The van der Waals surface area contributed by atoms with Gasteiger partial charge in [-0.3, -0.25) is 9.78 Å². The van der Waals surface area contributed by atoms with Crippen LogP contribution in [0.15, 0.2) is 30.6 Å². The Morgan fingerprint density at radius 2 is 1.66 bits per heavy atom. The Morgan fingerprint density at radius 3 is 2.26 bits per heavy atom. The fraction of sp³-hybridized carbons (Fsp3) is 0.393. The largest absolute Gasteiger partial charge is 0.481 e. The van der Waals surface area contributed by atoms with Crippen molar-refractivity contribution in [3.05, 3.63) is 70.7 Å². The standard InChI is InChI=1S/C28H29F4N3O3/c1-16-20(13-25(36)37)26(35-7-5-28(2,3)6-8-35)21(15-33-16)17-10-24(32)27(34-14-17)38-9-4-19-22(30)11-18(29)12-23(19)31/h10-12,14-15H,4-9,13H2,1-3H3,(H,36,37). The van der Waals surface area contributed by atoms with E-state index in [1.54, 1.807) is 13.1 Å². The number of halogens is 4. The maximum atomic E-state index is 15.0. The molecule has 3 heterocycles. The van der Waals surface area contributed by atoms with Crippen LogP contribution < -0.4 is 9.64 Å². The first kappa shape index (κ1) is 27.3. The van der Waals surface area contributed by atoms with Gasteiger partial charge in [-0.1, -0.05) is 13.8 Å². The number of anilines is 1. The molecule has 6 nitrogen and oxygen atoms in total. The van der Waals surface area contributed by atoms with E-state index in [4.69, 9.17) is 4.74 Å². The number of pyridine rings is 2. The zero-order valence-corrected chi connectivity index (χ0v) is 21.5. The molecule has 0 saturated carbocycles. The zero-order valence-electron chi connectivity index (χ0n) is 21.5. The fourth-order valence-corrected chi connectivity index (χ4v) is 4.64. The molecule has 1 aliphatic rings. The molecule has 1 fully saturated rings. The highest BCUT2D eigenvalue weighted by Gasteiger charge is 2.29. The molecule has 0 aliphatic carbocycles. The van der Waals surface area contributed by atoms with Gasteiger partial charge < -0.3 is 14.7 Å². The highest BCUT2D eigenvalue weighted by atomic mass is 19.1. The minimum Gasteiger partial charge on any atom is -0.481 e. The second-order valence-corrected chi connectivity index (χ2v) is 10.3. The van der Waals surface area contributed by atoms with Gasteiger partial charge in [0.05, 0.1) is 18.7 Å². The summed E-state index contributed by atoms with van der Waals surface area (Å²) in [5.74, 6) is -5.28. The number of aliphatic carboxylic acids is 1. The van der Waals surface area contributed by atoms with E-state index >= 15 is 4.39 Å². The second kappa shape index (κ2) is 11.0. The Hall–Kier alpha value is -3.69. The summed E-state index contributed by atoms with van der Waals surface area (Å²) in [5.41, 5.74) is 2.60. The monoisotopic (exact) mass is 531 g/mol. The van der Waals surface area contributed by atoms with Crippen LogP contribution in [0.3, 0.4) is 0 Å². The molecular weight excluding hydrogens is 502 g/mol. The van der Waals surface area contributed by atoms with Crippen molar-refractivity contribution in [3.63, 3.8) is 0 Å². The van der Waals surface area contributed by atoms with Crippen molar-refractivity contribution >= 4 is 11.7 Å². The Labute approximate surface area is 218 Å². The quantitative estimate of drug-likeness (QED) is 0.366. The number of ether oxygens (including phenoxy) is 1. The highest BCUT2D eigenvalue weighted by molar-refractivity contribution is 5.84. The third-order valence-electron chi connectivity index (χ3n) is 6.94. The van der Waals surface area contributed by atoms with Crippen LogP contribution in [0, 0.1) is 35.6 Å². The maximum Gasteiger partial charge on any atom is 0.307 e. The predicted molar refractivity (Wildman–Crippen MR) is 134 cm³/mol. The van der Waals surface area contributed by atoms with Crippen LogP contribution in [0.4, 0.5) is 23.2 Å². The summed E-state index contributed by atoms with van der Waals surface area (Å²) in [5, 5.41) is 9.55. The number of aryl methyl sites for hydroxylation is 1. The van der Waals surface area contributed by atoms with Gasteiger partial charge in [0.2, 0.25) is 5.88 Å². The highest BCUT2D eigenvalue weighted by Crippen LogP contribution is 2.40. The Bertz CT molecular complexity index is 1330. The van der Waals surface area contributed by atoms with Crippen molar-refractivity contribution in [1.29, 1.82) is 0 Å². The smallest absolute Gasteiger partial charge is 0.307 e. The fourth-order valence-electron chi connectivity index (χ4n) is 4.64. The normalized spacial score (nSPS) is 15.0. The van der Waals surface area contributed by atoms with Gasteiger partial charge in [-0.05, 0) is 31.2 Å². The van der Waals surface area contributed by atoms with Gasteiger partial charge in [0, 0.05) is 72.0 Å². The van der Waals surface area contributed by atoms with E-state index < -0.39 is 29.2 Å². The molecule has 0 spiro atoms. The third-order valence-corrected chi connectivity index (χ3v) is 6.94. The SMILES string of the molecule is Cc1ncc(-c2cnc(OCCc3c(F)cc(F)cc3F)c(F)c2)c(N2CCC(C)(C)CC2)c1CC(=O)O. The van der Waals surface area contributed by atoms with E-state index in [-0.39, 0.29) is 36.3 Å². The lowest BCUT2D eigenvalue weighted by atomic mass is 9.82. The molecule has 4 rings (SSSR count). The predicted octanol–water partition coefficient (Wildman–Crippen LogP) is 5.88. The zero-order chi connectivity index (χ0) is 27.6. The second-order valence-electron chi connectivity index (χ2n) is 10.3. The summed E-state index contributed by atoms with van der Waals surface area (Å²) < 4.78 is 61.2. The molecule has 1 N–H and O–H groups in total. The minimum atomic E-state index is -1.05. The van der Waals surface area contributed by atoms with E-state index in [9.17, 15) is 23.1 Å². The average molecular weight is 532 g/mol. The Balaban J connectivity index is 1.61. The molecule has 38 heavy (non-hydrogen) atoms. The van der Waals surface area contributed by atoms with Crippen LogP contribution in [0.25, 0.3) is 11.1 Å². The molecule has 1 saturated heterocycles. The number of benzene rings is 1. The number of nitrogens with zero attached hydrogens (tertiary/aromatic N) is 3. The maximum absolute atomic E-state index is 15.0. The molecule has 2 aromatic heterocycles. The van der Waals surface area contributed by atoms with E-state index in [1.807, 2.05) is 0 Å². The van der Waals surface area contributed by atoms with Crippen molar-refractivity contribution in [2.45, 2.75) is 46.5 Å². The summed E-state index contributed by atoms with van der Waals surface area (Å²) in [6, 6.07) is 2.36. The molecule has 0 unspecified atom stereocenters. The van der Waals surface area contributed by atoms with E-state index in [0.29, 0.717) is 53.3 Å². The van der Waals surface area contributed by atoms with E-state index in [1.165, 1.54) is 12.3 Å². The van der Waals surface area contributed by atoms with E-state index in [2.05, 4.69) is 28.7 Å². The van der Waals surface area contributed by atoms with Crippen molar-refractivity contribution in [2.24, 2.45) is 5.41 Å². The van der Waals surface area contributed by atoms with Gasteiger partial charge in [-0.25, -0.2) is 22.5 Å². The molecule has 202 valence electrons. The number of piperidine rings is 1. The van der Waals surface area contributed by atoms with E-state index in [0.717, 1.165) is 12.8 Å². The van der Waals surface area contributed by atoms with Crippen LogP contribution in [-0.4, -0.2) is 40.7 Å². The number of carbonyl (C=O) groups is 1. The first-order valence-electron chi connectivity index (χ1n) is 12.3. The van der Waals surface area contributed by atoms with Crippen molar-refractivity contribution in [3.8, 4) is 17.0 Å². The van der Waals surface area contributed by atoms with Gasteiger partial charge in [0.15, 0.2) is 5.82 Å². The lowest BCUT2D eigenvalue weighted by Gasteiger charge is -2.40. The Kier molecular flexibility index (Phi) is 7.89. The minimum absolute atomic E-state index is 0.165. The first-order chi connectivity index (χ1) is 17.9. The molecule has 1 aromatic carbocycles. The average Bonchev–Trinajstić information content (AvgIpc) is 2.83. The summed E-state index contributed by atoms with van der Waals surface area (Å²) in [4.78, 5) is 22.2. The number of hydrogen-bond acceptors (Lipinski definition) is 5. The molecule has 0 amide bonds. The van der Waals surface area contributed by atoms with Crippen LogP contribution in [0.2, 0.25) is 0 Å². The number of aromatic nitrogens is 2. The van der Waals surface area contributed by atoms with Crippen molar-refractivity contribution in [2.75, 3.05) is 24.6 Å². The molecular formula is C28H29F4N3O3.